The van der Waals surface area contributed by atoms with Crippen LogP contribution in [0, 0.1) is 10.1 Å². The van der Waals surface area contributed by atoms with Crippen molar-refractivity contribution in [1.29, 1.82) is 0 Å². The fraction of sp³-hybridized carbons (Fsp3) is 0.400. The topological polar surface area (TPSA) is 118 Å². The van der Waals surface area contributed by atoms with Gasteiger partial charge >= 0.3 is 12.1 Å². The Morgan fingerprint density at radius 2 is 2.14 bits per heavy atom. The molecule has 0 saturated carbocycles. The van der Waals surface area contributed by atoms with Crippen LogP contribution in [0.1, 0.15) is 5.69 Å². The van der Waals surface area contributed by atoms with Gasteiger partial charge in [0.05, 0.1) is 12.0 Å². The molecule has 0 bridgehead atoms. The molecular weight excluding hydrogens is 299 g/mol. The SMILES string of the molecule is COc1ccc([N+](=O)[O-])c(CC(N)OC(=O)C(F)(F)F)n1. The Labute approximate surface area is 115 Å². The first-order chi connectivity index (χ1) is 9.65. The van der Waals surface area contributed by atoms with Crippen molar-refractivity contribution in [3.05, 3.63) is 27.9 Å². The average Bonchev–Trinajstić information content (AvgIpc) is 2.36. The maximum atomic E-state index is 12.0. The van der Waals surface area contributed by atoms with E-state index in [2.05, 4.69) is 9.72 Å². The lowest BCUT2D eigenvalue weighted by Crippen LogP contribution is -2.36. The molecule has 1 rings (SSSR count). The van der Waals surface area contributed by atoms with Crippen molar-refractivity contribution in [3.63, 3.8) is 0 Å². The van der Waals surface area contributed by atoms with Crippen molar-refractivity contribution in [3.8, 4) is 5.88 Å². The second-order valence-corrected chi connectivity index (χ2v) is 3.72. The number of pyridine rings is 1. The fourth-order valence-corrected chi connectivity index (χ4v) is 1.34. The van der Waals surface area contributed by atoms with Gasteiger partial charge in [0.1, 0.15) is 5.69 Å². The number of rotatable bonds is 5. The smallest absolute Gasteiger partial charge is 0.481 e. The number of nitro groups is 1. The molecule has 1 heterocycles. The number of carbonyl (C=O) groups is 1. The lowest BCUT2D eigenvalue weighted by Gasteiger charge is -2.14. The molecule has 1 atom stereocenters. The van der Waals surface area contributed by atoms with Gasteiger partial charge in [-0.3, -0.25) is 15.8 Å². The predicted octanol–water partition coefficient (Wildman–Crippen LogP) is 0.931. The molecule has 1 aromatic heterocycles. The molecule has 116 valence electrons. The Bertz CT molecular complexity index is 549. The highest BCUT2D eigenvalue weighted by Crippen LogP contribution is 2.22. The maximum absolute atomic E-state index is 12.0. The van der Waals surface area contributed by atoms with Crippen molar-refractivity contribution in [2.24, 2.45) is 5.73 Å². The first kappa shape index (κ1) is 16.6. The summed E-state index contributed by atoms with van der Waals surface area (Å²) in [6.45, 7) is 0. The molecule has 2 N–H and O–H groups in total. The van der Waals surface area contributed by atoms with Gasteiger partial charge in [0.15, 0.2) is 6.23 Å². The molecule has 11 heteroatoms. The van der Waals surface area contributed by atoms with Crippen molar-refractivity contribution >= 4 is 11.7 Å². The Morgan fingerprint density at radius 1 is 1.52 bits per heavy atom. The highest BCUT2D eigenvalue weighted by molar-refractivity contribution is 5.75. The number of methoxy groups -OCH3 is 1. The summed E-state index contributed by atoms with van der Waals surface area (Å²) < 4.78 is 44.7. The van der Waals surface area contributed by atoms with Crippen LogP contribution < -0.4 is 10.5 Å². The third-order valence-electron chi connectivity index (χ3n) is 2.21. The van der Waals surface area contributed by atoms with Crippen molar-refractivity contribution < 1.29 is 32.4 Å². The molecule has 0 aromatic carbocycles. The van der Waals surface area contributed by atoms with Gasteiger partial charge in [-0.15, -0.1) is 0 Å². The molecular formula is C10H10F3N3O5. The van der Waals surface area contributed by atoms with Crippen LogP contribution in [0.5, 0.6) is 5.88 Å². The van der Waals surface area contributed by atoms with Gasteiger partial charge < -0.3 is 9.47 Å². The zero-order chi connectivity index (χ0) is 16.2. The Balaban J connectivity index is 2.90. The highest BCUT2D eigenvalue weighted by atomic mass is 19.4. The zero-order valence-electron chi connectivity index (χ0n) is 10.6. The summed E-state index contributed by atoms with van der Waals surface area (Å²) in [5.41, 5.74) is 4.48. The number of alkyl halides is 3. The fourth-order valence-electron chi connectivity index (χ4n) is 1.34. The first-order valence-corrected chi connectivity index (χ1v) is 5.37. The van der Waals surface area contributed by atoms with Crippen LogP contribution in [0.4, 0.5) is 18.9 Å². The standard InChI is InChI=1S/C10H10F3N3O5/c1-20-8-3-2-6(16(18)19)5(15-8)4-7(14)21-9(17)10(11,12)13/h2-3,7H,4,14H2,1H3. The minimum atomic E-state index is -5.20. The summed E-state index contributed by atoms with van der Waals surface area (Å²) in [6.07, 6.45) is -7.52. The molecule has 0 radical (unpaired) electrons. The maximum Gasteiger partial charge on any atom is 0.490 e. The van der Waals surface area contributed by atoms with Crippen molar-refractivity contribution in [2.75, 3.05) is 7.11 Å². The average molecular weight is 309 g/mol. The summed E-state index contributed by atoms with van der Waals surface area (Å²) in [5, 5.41) is 10.8. The minimum Gasteiger partial charge on any atom is -0.481 e. The van der Waals surface area contributed by atoms with Gasteiger partial charge in [-0.05, 0) is 0 Å². The number of esters is 1. The number of hydrogen-bond acceptors (Lipinski definition) is 7. The molecule has 0 fully saturated rings. The van der Waals surface area contributed by atoms with E-state index in [4.69, 9.17) is 10.5 Å². The summed E-state index contributed by atoms with van der Waals surface area (Å²) in [5.74, 6) is -2.48. The quantitative estimate of drug-likeness (QED) is 0.372. The number of aromatic nitrogens is 1. The predicted molar refractivity (Wildman–Crippen MR) is 61.3 cm³/mol. The van der Waals surface area contributed by atoms with E-state index in [0.717, 1.165) is 6.07 Å². The van der Waals surface area contributed by atoms with Crippen LogP contribution in [0.3, 0.4) is 0 Å². The normalized spacial score (nSPS) is 12.6. The van der Waals surface area contributed by atoms with Crippen molar-refractivity contribution in [1.82, 2.24) is 4.98 Å². The van der Waals surface area contributed by atoms with E-state index in [9.17, 15) is 28.1 Å². The number of halogens is 3. The number of carbonyl (C=O) groups excluding carboxylic acids is 1. The van der Waals surface area contributed by atoms with E-state index in [0.29, 0.717) is 0 Å². The summed E-state index contributed by atoms with van der Waals surface area (Å²) >= 11 is 0. The molecule has 0 aliphatic heterocycles. The molecule has 8 nitrogen and oxygen atoms in total. The van der Waals surface area contributed by atoms with Crippen LogP contribution in [-0.2, 0) is 16.0 Å². The third-order valence-corrected chi connectivity index (χ3v) is 2.21. The molecule has 0 amide bonds. The van der Waals surface area contributed by atoms with E-state index in [-0.39, 0.29) is 11.6 Å². The highest BCUT2D eigenvalue weighted by Gasteiger charge is 2.42. The van der Waals surface area contributed by atoms with Gasteiger partial charge in [-0.25, -0.2) is 9.78 Å². The molecule has 0 saturated heterocycles. The van der Waals surface area contributed by atoms with Gasteiger partial charge in [0.2, 0.25) is 5.88 Å². The second-order valence-electron chi connectivity index (χ2n) is 3.72. The van der Waals surface area contributed by atoms with Gasteiger partial charge in [-0.2, -0.15) is 13.2 Å². The largest absolute Gasteiger partial charge is 0.490 e. The molecule has 1 aromatic rings. The number of hydrogen-bond donors (Lipinski definition) is 1. The van der Waals surface area contributed by atoms with Gasteiger partial charge in [0, 0.05) is 18.6 Å². The molecule has 0 spiro atoms. The monoisotopic (exact) mass is 309 g/mol. The Kier molecular flexibility index (Phi) is 5.02. The first-order valence-electron chi connectivity index (χ1n) is 5.37. The number of nitrogens with two attached hydrogens (primary N) is 1. The summed E-state index contributed by atoms with van der Waals surface area (Å²) in [4.78, 5) is 24.3. The van der Waals surface area contributed by atoms with Crippen LogP contribution in [0.15, 0.2) is 12.1 Å². The van der Waals surface area contributed by atoms with Crippen molar-refractivity contribution in [2.45, 2.75) is 18.8 Å². The second kappa shape index (κ2) is 6.35. The summed E-state index contributed by atoms with van der Waals surface area (Å²) in [7, 11) is 1.25. The lowest BCUT2D eigenvalue weighted by atomic mass is 10.2. The van der Waals surface area contributed by atoms with Gasteiger partial charge in [0.25, 0.3) is 5.69 Å². The van der Waals surface area contributed by atoms with E-state index in [1.807, 2.05) is 0 Å². The van der Waals surface area contributed by atoms with E-state index in [1.54, 1.807) is 0 Å². The van der Waals surface area contributed by atoms with Crippen LogP contribution in [-0.4, -0.2) is 35.4 Å². The van der Waals surface area contributed by atoms with Crippen LogP contribution in [0.2, 0.25) is 0 Å². The Hall–Kier alpha value is -2.43. The number of ether oxygens (including phenoxy) is 2. The van der Waals surface area contributed by atoms with E-state index < -0.39 is 35.4 Å². The van der Waals surface area contributed by atoms with Gasteiger partial charge in [-0.1, -0.05) is 0 Å². The van der Waals surface area contributed by atoms with Crippen LogP contribution >= 0.6 is 0 Å². The Morgan fingerprint density at radius 3 is 2.62 bits per heavy atom. The molecule has 21 heavy (non-hydrogen) atoms. The molecule has 0 aliphatic rings. The summed E-state index contributed by atoms with van der Waals surface area (Å²) in [6, 6.07) is 2.26. The van der Waals surface area contributed by atoms with E-state index >= 15 is 0 Å². The zero-order valence-corrected chi connectivity index (χ0v) is 10.6. The van der Waals surface area contributed by atoms with Crippen LogP contribution in [0.25, 0.3) is 0 Å². The lowest BCUT2D eigenvalue weighted by molar-refractivity contribution is -0.386. The number of nitrogens with zero attached hydrogens (tertiary/aromatic N) is 2. The molecule has 1 unspecified atom stereocenters. The minimum absolute atomic E-state index is 0.00458. The third kappa shape index (κ3) is 4.56. The molecule has 0 aliphatic carbocycles. The van der Waals surface area contributed by atoms with E-state index in [1.165, 1.54) is 13.2 Å².